The van der Waals surface area contributed by atoms with Crippen LogP contribution in [0.1, 0.15) is 16.7 Å². The van der Waals surface area contributed by atoms with Crippen LogP contribution in [0.15, 0.2) is 78.9 Å². The van der Waals surface area contributed by atoms with E-state index in [0.29, 0.717) is 25.6 Å². The summed E-state index contributed by atoms with van der Waals surface area (Å²) in [6.45, 7) is 1.55. The van der Waals surface area contributed by atoms with Crippen LogP contribution in [0.3, 0.4) is 0 Å². The largest absolute Gasteiger partial charge is 0.489 e. The van der Waals surface area contributed by atoms with Gasteiger partial charge in [0, 0.05) is 11.6 Å². The van der Waals surface area contributed by atoms with E-state index in [-0.39, 0.29) is 0 Å². The van der Waals surface area contributed by atoms with Crippen molar-refractivity contribution in [3.05, 3.63) is 95.6 Å². The molecule has 0 amide bonds. The molecule has 0 fully saturated rings. The van der Waals surface area contributed by atoms with Crippen molar-refractivity contribution in [3.63, 3.8) is 0 Å². The maximum atomic E-state index is 6.06. The zero-order valence-corrected chi connectivity index (χ0v) is 14.4. The van der Waals surface area contributed by atoms with Crippen molar-refractivity contribution in [1.82, 2.24) is 0 Å². The SMILES string of the molecule is C1=Cc2cc(OCc3ccccc3)c(OCc3ccccc3)cc2OC1. The predicted molar refractivity (Wildman–Crippen MR) is 103 cm³/mol. The Hall–Kier alpha value is -3.20. The smallest absolute Gasteiger partial charge is 0.165 e. The number of benzene rings is 3. The van der Waals surface area contributed by atoms with Crippen LogP contribution in [0.4, 0.5) is 0 Å². The van der Waals surface area contributed by atoms with Crippen molar-refractivity contribution in [3.8, 4) is 17.2 Å². The molecule has 0 saturated carbocycles. The van der Waals surface area contributed by atoms with Crippen molar-refractivity contribution in [2.45, 2.75) is 13.2 Å². The van der Waals surface area contributed by atoms with Gasteiger partial charge in [0.2, 0.25) is 0 Å². The molecule has 3 aromatic carbocycles. The predicted octanol–water partition coefficient (Wildman–Crippen LogP) is 5.25. The third-order valence-corrected chi connectivity index (χ3v) is 4.18. The molecule has 1 aliphatic heterocycles. The van der Waals surface area contributed by atoms with Crippen LogP contribution in [0.2, 0.25) is 0 Å². The Morgan fingerprint density at radius 2 is 1.31 bits per heavy atom. The quantitative estimate of drug-likeness (QED) is 0.611. The summed E-state index contributed by atoms with van der Waals surface area (Å²) in [7, 11) is 0. The maximum Gasteiger partial charge on any atom is 0.165 e. The standard InChI is InChI=1S/C23H20O3/c1-3-8-18(9-4-1)16-25-22-14-20-12-7-13-24-21(20)15-23(22)26-17-19-10-5-2-6-11-19/h1-12,14-15H,13,16-17H2. The number of fused-ring (bicyclic) bond motifs is 1. The van der Waals surface area contributed by atoms with E-state index in [4.69, 9.17) is 14.2 Å². The molecular weight excluding hydrogens is 324 g/mol. The first kappa shape index (κ1) is 16.3. The molecule has 0 N–H and O–H groups in total. The second-order valence-corrected chi connectivity index (χ2v) is 6.10. The van der Waals surface area contributed by atoms with Gasteiger partial charge in [0.25, 0.3) is 0 Å². The van der Waals surface area contributed by atoms with Crippen LogP contribution in [-0.2, 0) is 13.2 Å². The lowest BCUT2D eigenvalue weighted by molar-refractivity contribution is 0.253. The molecule has 1 heterocycles. The lowest BCUT2D eigenvalue weighted by atomic mass is 10.1. The summed E-state index contributed by atoms with van der Waals surface area (Å²) in [5, 5.41) is 0. The van der Waals surface area contributed by atoms with Crippen molar-refractivity contribution in [2.75, 3.05) is 6.61 Å². The highest BCUT2D eigenvalue weighted by Gasteiger charge is 2.14. The second kappa shape index (κ2) is 7.79. The number of hydrogen-bond acceptors (Lipinski definition) is 3. The summed E-state index contributed by atoms with van der Waals surface area (Å²) < 4.78 is 17.8. The van der Waals surface area contributed by atoms with Crippen molar-refractivity contribution >= 4 is 6.08 Å². The van der Waals surface area contributed by atoms with Gasteiger partial charge in [-0.15, -0.1) is 0 Å². The third kappa shape index (κ3) is 3.89. The monoisotopic (exact) mass is 344 g/mol. The molecule has 0 unspecified atom stereocenters. The Labute approximate surface area is 153 Å². The molecule has 3 aromatic rings. The highest BCUT2D eigenvalue weighted by Crippen LogP contribution is 2.38. The molecule has 0 radical (unpaired) electrons. The Morgan fingerprint density at radius 3 is 1.92 bits per heavy atom. The fourth-order valence-electron chi connectivity index (χ4n) is 2.82. The molecule has 0 atom stereocenters. The van der Waals surface area contributed by atoms with Crippen LogP contribution in [-0.4, -0.2) is 6.61 Å². The van der Waals surface area contributed by atoms with Crippen LogP contribution < -0.4 is 14.2 Å². The molecule has 0 aliphatic carbocycles. The van der Waals surface area contributed by atoms with E-state index in [1.54, 1.807) is 0 Å². The van der Waals surface area contributed by atoms with Gasteiger partial charge in [-0.2, -0.15) is 0 Å². The maximum absolute atomic E-state index is 6.06. The second-order valence-electron chi connectivity index (χ2n) is 6.10. The number of rotatable bonds is 6. The molecule has 3 heteroatoms. The minimum atomic E-state index is 0.483. The first-order valence-electron chi connectivity index (χ1n) is 8.69. The van der Waals surface area contributed by atoms with Gasteiger partial charge in [-0.05, 0) is 23.3 Å². The average Bonchev–Trinajstić information content (AvgIpc) is 2.72. The van der Waals surface area contributed by atoms with Gasteiger partial charge in [0.15, 0.2) is 11.5 Å². The summed E-state index contributed by atoms with van der Waals surface area (Å²) in [6.07, 6.45) is 4.04. The summed E-state index contributed by atoms with van der Waals surface area (Å²) in [6, 6.07) is 24.1. The van der Waals surface area contributed by atoms with Crippen molar-refractivity contribution < 1.29 is 14.2 Å². The van der Waals surface area contributed by atoms with E-state index >= 15 is 0 Å². The van der Waals surface area contributed by atoms with E-state index < -0.39 is 0 Å². The fourth-order valence-corrected chi connectivity index (χ4v) is 2.82. The highest BCUT2D eigenvalue weighted by atomic mass is 16.5. The van der Waals surface area contributed by atoms with E-state index in [1.165, 1.54) is 0 Å². The number of hydrogen-bond donors (Lipinski definition) is 0. The Balaban J connectivity index is 1.56. The Kier molecular flexibility index (Phi) is 4.88. The summed E-state index contributed by atoms with van der Waals surface area (Å²) in [4.78, 5) is 0. The zero-order chi connectivity index (χ0) is 17.6. The highest BCUT2D eigenvalue weighted by molar-refractivity contribution is 5.65. The zero-order valence-electron chi connectivity index (χ0n) is 14.4. The molecule has 4 rings (SSSR count). The topological polar surface area (TPSA) is 27.7 Å². The molecule has 0 aromatic heterocycles. The van der Waals surface area contributed by atoms with Gasteiger partial charge in [-0.3, -0.25) is 0 Å². The van der Waals surface area contributed by atoms with Gasteiger partial charge >= 0.3 is 0 Å². The minimum absolute atomic E-state index is 0.483. The van der Waals surface area contributed by atoms with Crippen LogP contribution >= 0.6 is 0 Å². The Bertz CT molecular complexity index is 886. The van der Waals surface area contributed by atoms with E-state index in [9.17, 15) is 0 Å². The molecule has 0 spiro atoms. The third-order valence-electron chi connectivity index (χ3n) is 4.18. The van der Waals surface area contributed by atoms with Crippen LogP contribution in [0.5, 0.6) is 17.2 Å². The lowest BCUT2D eigenvalue weighted by Gasteiger charge is -2.18. The Morgan fingerprint density at radius 1 is 0.731 bits per heavy atom. The average molecular weight is 344 g/mol. The van der Waals surface area contributed by atoms with Crippen molar-refractivity contribution in [1.29, 1.82) is 0 Å². The van der Waals surface area contributed by atoms with Crippen LogP contribution in [0, 0.1) is 0 Å². The van der Waals surface area contributed by atoms with Gasteiger partial charge in [0.1, 0.15) is 25.6 Å². The number of ether oxygens (including phenoxy) is 3. The summed E-state index contributed by atoms with van der Waals surface area (Å²) in [5.74, 6) is 2.24. The normalized spacial score (nSPS) is 12.2. The van der Waals surface area contributed by atoms with E-state index in [1.807, 2.05) is 78.9 Å². The van der Waals surface area contributed by atoms with Crippen molar-refractivity contribution in [2.24, 2.45) is 0 Å². The summed E-state index contributed by atoms with van der Waals surface area (Å²) >= 11 is 0. The van der Waals surface area contributed by atoms with Crippen LogP contribution in [0.25, 0.3) is 6.08 Å². The molecule has 1 aliphatic rings. The molecule has 130 valence electrons. The fraction of sp³-hybridized carbons (Fsp3) is 0.130. The molecule has 0 saturated heterocycles. The molecule has 3 nitrogen and oxygen atoms in total. The molecule has 0 bridgehead atoms. The lowest BCUT2D eigenvalue weighted by Crippen LogP contribution is -2.04. The minimum Gasteiger partial charge on any atom is -0.489 e. The summed E-state index contributed by atoms with van der Waals surface area (Å²) in [5.41, 5.74) is 3.23. The van der Waals surface area contributed by atoms with E-state index in [2.05, 4.69) is 6.08 Å². The first-order chi connectivity index (χ1) is 12.9. The van der Waals surface area contributed by atoms with Gasteiger partial charge in [-0.25, -0.2) is 0 Å². The molecule has 26 heavy (non-hydrogen) atoms. The van der Waals surface area contributed by atoms with Gasteiger partial charge in [-0.1, -0.05) is 66.7 Å². The van der Waals surface area contributed by atoms with Gasteiger partial charge < -0.3 is 14.2 Å². The van der Waals surface area contributed by atoms with E-state index in [0.717, 1.165) is 28.2 Å². The first-order valence-corrected chi connectivity index (χ1v) is 8.69. The van der Waals surface area contributed by atoms with Gasteiger partial charge in [0.05, 0.1) is 0 Å². The molecular formula is C23H20O3.